The highest BCUT2D eigenvalue weighted by Crippen LogP contribution is 2.45. The molecule has 8 unspecified atom stereocenters. The molecule has 0 radical (unpaired) electrons. The van der Waals surface area contributed by atoms with E-state index in [-0.39, 0.29) is 49.0 Å². The van der Waals surface area contributed by atoms with E-state index in [1.54, 1.807) is 23.5 Å². The topological polar surface area (TPSA) is 232 Å². The van der Waals surface area contributed by atoms with Crippen LogP contribution >= 0.6 is 0 Å². The lowest BCUT2D eigenvalue weighted by Crippen LogP contribution is -2.48. The maximum Gasteiger partial charge on any atom is 0.294 e. The Morgan fingerprint density at radius 3 is 1.78 bits per heavy atom. The van der Waals surface area contributed by atoms with Crippen LogP contribution in [0.2, 0.25) is 0 Å². The highest BCUT2D eigenvalue weighted by atomic mass is 32.2. The molecule has 1 aromatic heterocycles. The fourth-order valence-electron chi connectivity index (χ4n) is 9.16. The zero-order valence-corrected chi connectivity index (χ0v) is 30.6. The summed E-state index contributed by atoms with van der Waals surface area (Å²) in [7, 11) is -9.26. The predicted molar refractivity (Wildman–Crippen MR) is 186 cm³/mol. The number of aryl methyl sites for hydroxylation is 1. The van der Waals surface area contributed by atoms with Crippen molar-refractivity contribution >= 4 is 31.6 Å². The highest BCUT2D eigenvalue weighted by molar-refractivity contribution is 7.86. The van der Waals surface area contributed by atoms with E-state index in [4.69, 9.17) is 0 Å². The fourth-order valence-corrected chi connectivity index (χ4v) is 11.7. The number of hydrazone groups is 1. The van der Waals surface area contributed by atoms with Crippen LogP contribution in [0.3, 0.4) is 0 Å². The van der Waals surface area contributed by atoms with Gasteiger partial charge >= 0.3 is 0 Å². The van der Waals surface area contributed by atoms with Crippen LogP contribution in [0.25, 0.3) is 0 Å². The van der Waals surface area contributed by atoms with E-state index in [0.29, 0.717) is 24.2 Å². The van der Waals surface area contributed by atoms with Gasteiger partial charge in [0.2, 0.25) is 0 Å². The molecular weight excluding hydrogens is 689 g/mol. The lowest BCUT2D eigenvalue weighted by Gasteiger charge is -2.42. The van der Waals surface area contributed by atoms with Gasteiger partial charge in [-0.25, -0.2) is 4.68 Å². The number of hydrogen-bond donors (Lipinski definition) is 4. The summed E-state index contributed by atoms with van der Waals surface area (Å²) in [6, 6.07) is -1.65. The Bertz CT molecular complexity index is 1730. The molecule has 4 N–H and O–H groups in total. The van der Waals surface area contributed by atoms with Gasteiger partial charge in [-0.3, -0.25) is 24.0 Å². The van der Waals surface area contributed by atoms with Gasteiger partial charge in [0, 0.05) is 0 Å². The summed E-state index contributed by atoms with van der Waals surface area (Å²) >= 11 is 0. The number of aromatic nitrogens is 2. The second-order valence-electron chi connectivity index (χ2n) is 15.1. The molecule has 4 aliphatic carbocycles. The summed E-state index contributed by atoms with van der Waals surface area (Å²) in [5.74, 6) is -1.51. The largest absolute Gasteiger partial charge is 0.370 e. The van der Waals surface area contributed by atoms with Crippen molar-refractivity contribution in [3.05, 3.63) is 16.0 Å². The van der Waals surface area contributed by atoms with Gasteiger partial charge in [0.1, 0.15) is 0 Å². The van der Waals surface area contributed by atoms with Gasteiger partial charge in [-0.15, -0.1) is 5.11 Å². The van der Waals surface area contributed by atoms with Crippen LogP contribution in [0.1, 0.15) is 121 Å². The first-order valence-corrected chi connectivity index (χ1v) is 21.3. The van der Waals surface area contributed by atoms with Crippen LogP contribution in [0.5, 0.6) is 0 Å². The van der Waals surface area contributed by atoms with E-state index in [2.05, 4.69) is 30.7 Å². The zero-order valence-electron chi connectivity index (χ0n) is 28.9. The van der Waals surface area contributed by atoms with Crippen LogP contribution < -0.4 is 5.56 Å². The third kappa shape index (κ3) is 8.08. The molecule has 5 aliphatic rings. The van der Waals surface area contributed by atoms with Gasteiger partial charge in [-0.2, -0.15) is 37.3 Å². The van der Waals surface area contributed by atoms with Crippen molar-refractivity contribution in [1.29, 1.82) is 0 Å². The lowest BCUT2D eigenvalue weighted by atomic mass is 9.71. The van der Waals surface area contributed by atoms with Crippen molar-refractivity contribution < 1.29 is 31.0 Å². The van der Waals surface area contributed by atoms with E-state index < -0.39 is 66.9 Å². The third-order valence-electron chi connectivity index (χ3n) is 11.8. The van der Waals surface area contributed by atoms with Gasteiger partial charge in [0.15, 0.2) is 18.0 Å². The molecule has 18 heteroatoms. The minimum absolute atomic E-state index is 0.0732. The fraction of sp³-hybridized carbons (Fsp3) is 0.875. The molecule has 0 spiro atoms. The van der Waals surface area contributed by atoms with Crippen LogP contribution in [0.4, 0.5) is 5.69 Å². The molecule has 16 nitrogen and oxygen atoms in total. The molecule has 0 aromatic carbocycles. The number of rotatable bonds is 9. The monoisotopic (exact) mass is 740 g/mol. The molecule has 280 valence electrons. The number of nitrogens with zero attached hydrogens (tertiary/aromatic N) is 7. The Morgan fingerprint density at radius 2 is 1.24 bits per heavy atom. The first kappa shape index (κ1) is 37.2. The average Bonchev–Trinajstić information content (AvgIpc) is 3.54. The molecule has 4 fully saturated rings. The average molecular weight is 741 g/mol. The highest BCUT2D eigenvalue weighted by Gasteiger charge is 2.49. The summed E-state index contributed by atoms with van der Waals surface area (Å²) in [6.07, 6.45) is 10.4. The molecule has 0 amide bonds. The van der Waals surface area contributed by atoms with Crippen molar-refractivity contribution in [3.8, 4) is 0 Å². The second kappa shape index (κ2) is 15.2. The van der Waals surface area contributed by atoms with Crippen molar-refractivity contribution in [2.75, 3.05) is 0 Å². The van der Waals surface area contributed by atoms with Gasteiger partial charge in [0.05, 0.1) is 46.1 Å². The van der Waals surface area contributed by atoms with E-state index in [0.717, 1.165) is 57.8 Å². The normalized spacial score (nSPS) is 34.2. The molecule has 50 heavy (non-hydrogen) atoms. The number of nitrogens with one attached hydrogen (secondary N) is 1. The Morgan fingerprint density at radius 1 is 0.720 bits per heavy atom. The van der Waals surface area contributed by atoms with Crippen molar-refractivity contribution in [2.24, 2.45) is 37.4 Å². The molecule has 4 saturated carbocycles. The van der Waals surface area contributed by atoms with E-state index in [1.165, 1.54) is 6.42 Å². The Hall–Kier alpha value is -2.54. The van der Waals surface area contributed by atoms with Crippen LogP contribution in [0, 0.1) is 18.8 Å². The zero-order chi connectivity index (χ0) is 35.8. The molecule has 0 bridgehead atoms. The van der Waals surface area contributed by atoms with Crippen LogP contribution in [-0.4, -0.2) is 92.4 Å². The van der Waals surface area contributed by atoms with Gasteiger partial charge in [0.25, 0.3) is 25.8 Å². The summed E-state index contributed by atoms with van der Waals surface area (Å²) in [5.41, 5.74) is 1.10. The predicted octanol–water partition coefficient (Wildman–Crippen LogP) is 5.09. The van der Waals surface area contributed by atoms with Crippen molar-refractivity contribution in [1.82, 2.24) is 14.8 Å². The second-order valence-corrected chi connectivity index (χ2v) is 18.4. The quantitative estimate of drug-likeness (QED) is 0.195. The number of aliphatic hydroxyl groups is 1. The molecule has 0 saturated heterocycles. The van der Waals surface area contributed by atoms with Gasteiger partial charge in [-0.1, -0.05) is 38.5 Å². The summed E-state index contributed by atoms with van der Waals surface area (Å²) in [4.78, 5) is 13.2. The summed E-state index contributed by atoms with van der Waals surface area (Å²) in [6.45, 7) is 3.53. The molecule has 8 atom stereocenters. The number of hydrogen-bond acceptors (Lipinski definition) is 12. The van der Waals surface area contributed by atoms with E-state index in [1.807, 2.05) is 0 Å². The maximum atomic E-state index is 13.2. The number of aromatic amines is 1. The van der Waals surface area contributed by atoms with Crippen molar-refractivity contribution in [3.63, 3.8) is 0 Å². The van der Waals surface area contributed by atoms with Crippen molar-refractivity contribution in [2.45, 2.75) is 164 Å². The lowest BCUT2D eigenvalue weighted by molar-refractivity contribution is -0.0235. The SMILES string of the molecule is CC1=NN(C2CCCCC2)C(O)C1N=NC1CCC(C2CCC(N=Nc3c(C)[nH]n(C4CCCCC4)c3=O)CC2S(=O)(=O)O)C(S(=O)(=O)O)C1. The molecule has 2 heterocycles. The molecular formula is C32H52N8O8S2. The number of H-pyrrole nitrogens is 1. The summed E-state index contributed by atoms with van der Waals surface area (Å²) in [5, 5.41) is 35.2. The Labute approximate surface area is 293 Å². The molecule has 1 aliphatic heterocycles. The Kier molecular flexibility index (Phi) is 11.3. The first-order valence-electron chi connectivity index (χ1n) is 18.3. The standard InChI is InChI=1S/C32H52N8O8S2/c1-19-29(31(41)39(37-19)23-9-5-3-6-10-23)35-33-21-13-15-25(27(17-21)49(43,44)45)26-16-14-22(18-28(26)50(46,47)48)34-36-30-20(2)38-40(32(30)42)24-11-7-4-8-12-24/h21-29,31,38,41H,3-18H2,1-2H3,(H,43,44,45)(H,46,47,48). The smallest absolute Gasteiger partial charge is 0.294 e. The van der Waals surface area contributed by atoms with E-state index >= 15 is 0 Å². The minimum atomic E-state index is -4.64. The molecule has 1 aromatic rings. The minimum Gasteiger partial charge on any atom is -0.370 e. The van der Waals surface area contributed by atoms with Crippen LogP contribution in [-0.2, 0) is 20.2 Å². The van der Waals surface area contributed by atoms with Gasteiger partial charge < -0.3 is 5.11 Å². The van der Waals surface area contributed by atoms with Gasteiger partial charge in [-0.05, 0) is 89.9 Å². The molecule has 6 rings (SSSR count). The Balaban J connectivity index is 1.13. The van der Waals surface area contributed by atoms with E-state index in [9.17, 15) is 35.8 Å². The van der Waals surface area contributed by atoms with Crippen LogP contribution in [0.15, 0.2) is 30.4 Å². The first-order chi connectivity index (χ1) is 23.7. The third-order valence-corrected chi connectivity index (χ3v) is 14.4. The number of azo groups is 2. The maximum absolute atomic E-state index is 13.2. The summed E-state index contributed by atoms with van der Waals surface area (Å²) < 4.78 is 73.4. The number of aliphatic hydroxyl groups excluding tert-OH is 1.